The molecule has 2 heterocycles. The Morgan fingerprint density at radius 1 is 1.37 bits per heavy atom. The molecular weight excluding hydrogens is 244 g/mol. The van der Waals surface area contributed by atoms with Crippen LogP contribution in [0.15, 0.2) is 41.3 Å². The quantitative estimate of drug-likeness (QED) is 0.777. The zero-order valence-electron chi connectivity index (χ0n) is 10.3. The average molecular weight is 256 g/mol. The van der Waals surface area contributed by atoms with Crippen LogP contribution >= 0.6 is 0 Å². The molecule has 0 saturated heterocycles. The van der Waals surface area contributed by atoms with Gasteiger partial charge >= 0.3 is 0 Å². The van der Waals surface area contributed by atoms with Gasteiger partial charge in [0.1, 0.15) is 17.8 Å². The molecule has 6 heteroatoms. The van der Waals surface area contributed by atoms with Gasteiger partial charge in [0.05, 0.1) is 5.69 Å². The molecule has 0 amide bonds. The van der Waals surface area contributed by atoms with Crippen molar-refractivity contribution in [3.05, 3.63) is 42.6 Å². The van der Waals surface area contributed by atoms with E-state index in [2.05, 4.69) is 15.1 Å². The number of phenols is 1. The maximum absolute atomic E-state index is 9.46. The number of aromatic hydroxyl groups is 1. The first kappa shape index (κ1) is 11.5. The Labute approximate surface area is 109 Å². The second kappa shape index (κ2) is 4.56. The van der Waals surface area contributed by atoms with Gasteiger partial charge in [0, 0.05) is 18.7 Å². The highest BCUT2D eigenvalue weighted by Gasteiger charge is 2.11. The van der Waals surface area contributed by atoms with E-state index in [9.17, 15) is 5.11 Å². The lowest BCUT2D eigenvalue weighted by atomic mass is 10.3. The lowest BCUT2D eigenvalue weighted by molar-refractivity contribution is 0.422. The molecular formula is C13H12N4O2. The fourth-order valence-corrected chi connectivity index (χ4v) is 1.73. The zero-order valence-corrected chi connectivity index (χ0v) is 10.3. The molecule has 0 atom stereocenters. The standard InChI is InChI=1S/C13H12N4O2/c1-2-12-15-13(19-16-12)11-7-17(8-14-11)9-4-3-5-10(18)6-9/h3-8,18H,2H2,1H3. The van der Waals surface area contributed by atoms with Crippen molar-refractivity contribution in [2.24, 2.45) is 0 Å². The van der Waals surface area contributed by atoms with Crippen LogP contribution in [0.2, 0.25) is 0 Å². The summed E-state index contributed by atoms with van der Waals surface area (Å²) in [5.74, 6) is 1.26. The maximum atomic E-state index is 9.46. The molecule has 0 fully saturated rings. The molecule has 3 rings (SSSR count). The third kappa shape index (κ3) is 2.20. The Morgan fingerprint density at radius 2 is 2.26 bits per heavy atom. The molecule has 19 heavy (non-hydrogen) atoms. The Kier molecular flexibility index (Phi) is 2.75. The van der Waals surface area contributed by atoms with Crippen LogP contribution in [-0.2, 0) is 6.42 Å². The molecule has 2 aromatic heterocycles. The summed E-state index contributed by atoms with van der Waals surface area (Å²) in [7, 11) is 0. The molecule has 0 saturated carbocycles. The fourth-order valence-electron chi connectivity index (χ4n) is 1.73. The lowest BCUT2D eigenvalue weighted by Gasteiger charge is -2.01. The van der Waals surface area contributed by atoms with E-state index in [1.54, 1.807) is 35.3 Å². The number of hydrogen-bond donors (Lipinski definition) is 1. The number of aromatic nitrogens is 4. The van der Waals surface area contributed by atoms with Gasteiger partial charge in [-0.2, -0.15) is 4.98 Å². The third-order valence-electron chi connectivity index (χ3n) is 2.71. The van der Waals surface area contributed by atoms with Crippen molar-refractivity contribution in [2.75, 3.05) is 0 Å². The van der Waals surface area contributed by atoms with Gasteiger partial charge < -0.3 is 14.2 Å². The molecule has 0 unspecified atom stereocenters. The van der Waals surface area contributed by atoms with Gasteiger partial charge in [-0.15, -0.1) is 0 Å². The minimum absolute atomic E-state index is 0.207. The van der Waals surface area contributed by atoms with Gasteiger partial charge in [-0.3, -0.25) is 0 Å². The van der Waals surface area contributed by atoms with E-state index in [1.807, 2.05) is 13.0 Å². The molecule has 0 aliphatic heterocycles. The molecule has 0 aliphatic carbocycles. The number of aryl methyl sites for hydroxylation is 1. The largest absolute Gasteiger partial charge is 0.508 e. The number of imidazole rings is 1. The minimum Gasteiger partial charge on any atom is -0.508 e. The Hall–Kier alpha value is -2.63. The molecule has 1 aromatic carbocycles. The summed E-state index contributed by atoms with van der Waals surface area (Å²) in [5.41, 5.74) is 1.42. The fraction of sp³-hybridized carbons (Fsp3) is 0.154. The van der Waals surface area contributed by atoms with Crippen LogP contribution in [0.3, 0.4) is 0 Å². The number of rotatable bonds is 3. The van der Waals surface area contributed by atoms with Gasteiger partial charge in [-0.05, 0) is 12.1 Å². The van der Waals surface area contributed by atoms with Crippen LogP contribution in [0.1, 0.15) is 12.7 Å². The Bertz CT molecular complexity index is 702. The minimum atomic E-state index is 0.207. The first-order valence-electron chi connectivity index (χ1n) is 5.92. The number of phenolic OH excluding ortho intramolecular Hbond substituents is 1. The van der Waals surface area contributed by atoms with E-state index < -0.39 is 0 Å². The predicted molar refractivity (Wildman–Crippen MR) is 67.9 cm³/mol. The molecule has 1 N–H and O–H groups in total. The smallest absolute Gasteiger partial charge is 0.278 e. The molecule has 0 bridgehead atoms. The number of hydrogen-bond acceptors (Lipinski definition) is 5. The van der Waals surface area contributed by atoms with Crippen molar-refractivity contribution >= 4 is 0 Å². The van der Waals surface area contributed by atoms with Crippen molar-refractivity contribution in [2.45, 2.75) is 13.3 Å². The van der Waals surface area contributed by atoms with Crippen LogP contribution in [0, 0.1) is 0 Å². The summed E-state index contributed by atoms with van der Waals surface area (Å²) < 4.78 is 6.91. The van der Waals surface area contributed by atoms with E-state index in [-0.39, 0.29) is 5.75 Å². The second-order valence-electron chi connectivity index (χ2n) is 4.06. The highest BCUT2D eigenvalue weighted by atomic mass is 16.5. The SMILES string of the molecule is CCc1noc(-c2cn(-c3cccc(O)c3)cn2)n1. The van der Waals surface area contributed by atoms with E-state index in [0.29, 0.717) is 17.4 Å². The third-order valence-corrected chi connectivity index (χ3v) is 2.71. The van der Waals surface area contributed by atoms with Gasteiger partial charge in [-0.25, -0.2) is 4.98 Å². The monoisotopic (exact) mass is 256 g/mol. The van der Waals surface area contributed by atoms with Gasteiger partial charge in [-0.1, -0.05) is 18.1 Å². The Morgan fingerprint density at radius 3 is 3.00 bits per heavy atom. The van der Waals surface area contributed by atoms with E-state index >= 15 is 0 Å². The topological polar surface area (TPSA) is 77.0 Å². The molecule has 6 nitrogen and oxygen atoms in total. The zero-order chi connectivity index (χ0) is 13.2. The van der Waals surface area contributed by atoms with Crippen molar-refractivity contribution in [3.8, 4) is 23.0 Å². The van der Waals surface area contributed by atoms with Crippen molar-refractivity contribution in [3.63, 3.8) is 0 Å². The molecule has 3 aromatic rings. The highest BCUT2D eigenvalue weighted by Crippen LogP contribution is 2.19. The van der Waals surface area contributed by atoms with Crippen LogP contribution in [0.5, 0.6) is 5.75 Å². The number of benzene rings is 1. The molecule has 0 radical (unpaired) electrons. The summed E-state index contributed by atoms with van der Waals surface area (Å²) in [6.07, 6.45) is 4.14. The van der Waals surface area contributed by atoms with Crippen LogP contribution < -0.4 is 0 Å². The first-order chi connectivity index (χ1) is 9.26. The number of nitrogens with zero attached hydrogens (tertiary/aromatic N) is 4. The second-order valence-corrected chi connectivity index (χ2v) is 4.06. The van der Waals surface area contributed by atoms with Gasteiger partial charge in [0.2, 0.25) is 0 Å². The van der Waals surface area contributed by atoms with Gasteiger partial charge in [0.25, 0.3) is 5.89 Å². The van der Waals surface area contributed by atoms with Crippen molar-refractivity contribution < 1.29 is 9.63 Å². The van der Waals surface area contributed by atoms with Crippen molar-refractivity contribution in [1.29, 1.82) is 0 Å². The summed E-state index contributed by atoms with van der Waals surface area (Å²) in [6, 6.07) is 6.91. The Balaban J connectivity index is 1.95. The average Bonchev–Trinajstić information content (AvgIpc) is 3.07. The maximum Gasteiger partial charge on any atom is 0.278 e. The summed E-state index contributed by atoms with van der Waals surface area (Å²) in [5, 5.41) is 13.3. The van der Waals surface area contributed by atoms with Crippen LogP contribution in [0.4, 0.5) is 0 Å². The van der Waals surface area contributed by atoms with Gasteiger partial charge in [0.15, 0.2) is 5.82 Å². The summed E-state index contributed by atoms with van der Waals surface area (Å²) >= 11 is 0. The van der Waals surface area contributed by atoms with E-state index in [1.165, 1.54) is 0 Å². The predicted octanol–water partition coefficient (Wildman–Crippen LogP) is 2.19. The molecule has 0 spiro atoms. The lowest BCUT2D eigenvalue weighted by Crippen LogP contribution is -1.88. The van der Waals surface area contributed by atoms with Crippen molar-refractivity contribution in [1.82, 2.24) is 19.7 Å². The molecule has 0 aliphatic rings. The normalized spacial score (nSPS) is 10.8. The van der Waals surface area contributed by atoms with E-state index in [4.69, 9.17) is 4.52 Å². The first-order valence-corrected chi connectivity index (χ1v) is 5.92. The van der Waals surface area contributed by atoms with Crippen LogP contribution in [-0.4, -0.2) is 24.8 Å². The van der Waals surface area contributed by atoms with Crippen LogP contribution in [0.25, 0.3) is 17.3 Å². The van der Waals surface area contributed by atoms with E-state index in [0.717, 1.165) is 12.1 Å². The summed E-state index contributed by atoms with van der Waals surface area (Å²) in [6.45, 7) is 1.96. The summed E-state index contributed by atoms with van der Waals surface area (Å²) in [4.78, 5) is 8.45. The highest BCUT2D eigenvalue weighted by molar-refractivity contribution is 5.48. The molecule has 96 valence electrons.